The SMILES string of the molecule is NC(=O)c1cc(NC(=O)C2(c3ccccc3)CCC2)ccc1F. The van der Waals surface area contributed by atoms with Crippen molar-refractivity contribution in [2.24, 2.45) is 5.73 Å². The number of hydrogen-bond donors (Lipinski definition) is 2. The van der Waals surface area contributed by atoms with Gasteiger partial charge in [0.25, 0.3) is 5.91 Å². The lowest BCUT2D eigenvalue weighted by Crippen LogP contribution is -2.46. The number of benzene rings is 2. The normalized spacial score (nSPS) is 15.5. The molecule has 0 saturated heterocycles. The second kappa shape index (κ2) is 5.83. The van der Waals surface area contributed by atoms with Crippen molar-refractivity contribution in [1.29, 1.82) is 0 Å². The minimum atomic E-state index is -0.861. The first-order chi connectivity index (χ1) is 11.0. The molecule has 0 spiro atoms. The highest BCUT2D eigenvalue weighted by atomic mass is 19.1. The lowest BCUT2D eigenvalue weighted by Gasteiger charge is -2.40. The molecule has 5 heteroatoms. The molecule has 1 aliphatic carbocycles. The number of anilines is 1. The van der Waals surface area contributed by atoms with Gasteiger partial charge in [-0.25, -0.2) is 4.39 Å². The van der Waals surface area contributed by atoms with E-state index >= 15 is 0 Å². The van der Waals surface area contributed by atoms with Crippen molar-refractivity contribution in [3.05, 3.63) is 65.5 Å². The maximum Gasteiger partial charge on any atom is 0.251 e. The van der Waals surface area contributed by atoms with E-state index in [0.29, 0.717) is 5.69 Å². The van der Waals surface area contributed by atoms with Gasteiger partial charge in [-0.1, -0.05) is 36.8 Å². The minimum absolute atomic E-state index is 0.142. The van der Waals surface area contributed by atoms with E-state index in [4.69, 9.17) is 5.73 Å². The maximum atomic E-state index is 13.5. The fraction of sp³-hybridized carbons (Fsp3) is 0.222. The van der Waals surface area contributed by atoms with Gasteiger partial charge in [0.1, 0.15) is 5.82 Å². The fourth-order valence-corrected chi connectivity index (χ4v) is 2.98. The number of hydrogen-bond acceptors (Lipinski definition) is 2. The Hall–Kier alpha value is -2.69. The summed E-state index contributed by atoms with van der Waals surface area (Å²) < 4.78 is 13.5. The molecular formula is C18H17FN2O2. The molecule has 1 fully saturated rings. The monoisotopic (exact) mass is 312 g/mol. The van der Waals surface area contributed by atoms with Crippen LogP contribution >= 0.6 is 0 Å². The fourth-order valence-electron chi connectivity index (χ4n) is 2.98. The van der Waals surface area contributed by atoms with Crippen LogP contribution in [0.25, 0.3) is 0 Å². The molecule has 2 aromatic rings. The first-order valence-corrected chi connectivity index (χ1v) is 7.49. The van der Waals surface area contributed by atoms with Crippen LogP contribution in [0.1, 0.15) is 35.2 Å². The Morgan fingerprint density at radius 1 is 1.09 bits per heavy atom. The number of nitrogens with two attached hydrogens (primary N) is 1. The van der Waals surface area contributed by atoms with E-state index in [1.54, 1.807) is 0 Å². The molecule has 0 unspecified atom stereocenters. The van der Waals surface area contributed by atoms with Crippen LogP contribution in [0.2, 0.25) is 0 Å². The Morgan fingerprint density at radius 3 is 2.35 bits per heavy atom. The van der Waals surface area contributed by atoms with Gasteiger partial charge in [0.2, 0.25) is 5.91 Å². The third-order valence-electron chi connectivity index (χ3n) is 4.46. The molecule has 0 bridgehead atoms. The number of nitrogens with one attached hydrogen (secondary N) is 1. The zero-order valence-electron chi connectivity index (χ0n) is 12.5. The van der Waals surface area contributed by atoms with Crippen molar-refractivity contribution in [2.45, 2.75) is 24.7 Å². The van der Waals surface area contributed by atoms with Crippen LogP contribution in [0, 0.1) is 5.82 Å². The highest BCUT2D eigenvalue weighted by Crippen LogP contribution is 2.44. The van der Waals surface area contributed by atoms with Crippen LogP contribution in [0.3, 0.4) is 0 Å². The molecule has 118 valence electrons. The van der Waals surface area contributed by atoms with Gasteiger partial charge in [-0.15, -0.1) is 0 Å². The lowest BCUT2D eigenvalue weighted by molar-refractivity contribution is -0.124. The minimum Gasteiger partial charge on any atom is -0.366 e. The van der Waals surface area contributed by atoms with E-state index in [-0.39, 0.29) is 11.5 Å². The van der Waals surface area contributed by atoms with Gasteiger partial charge in [-0.05, 0) is 36.6 Å². The molecule has 3 N–H and O–H groups in total. The Bertz CT molecular complexity index is 755. The van der Waals surface area contributed by atoms with Gasteiger partial charge >= 0.3 is 0 Å². The van der Waals surface area contributed by atoms with Gasteiger partial charge in [0.15, 0.2) is 0 Å². The van der Waals surface area contributed by atoms with E-state index < -0.39 is 17.1 Å². The molecule has 2 aromatic carbocycles. The molecule has 0 aromatic heterocycles. The number of halogens is 1. The average Bonchev–Trinajstić information content (AvgIpc) is 2.49. The van der Waals surface area contributed by atoms with E-state index in [9.17, 15) is 14.0 Å². The number of primary amides is 1. The van der Waals surface area contributed by atoms with Gasteiger partial charge in [-0.2, -0.15) is 0 Å². The molecular weight excluding hydrogens is 295 g/mol. The van der Waals surface area contributed by atoms with Crippen molar-refractivity contribution >= 4 is 17.5 Å². The molecule has 2 amide bonds. The summed E-state index contributed by atoms with van der Waals surface area (Å²) in [6.45, 7) is 0. The number of carbonyl (C=O) groups excluding carboxylic acids is 2. The van der Waals surface area contributed by atoms with E-state index in [1.807, 2.05) is 30.3 Å². The average molecular weight is 312 g/mol. The van der Waals surface area contributed by atoms with E-state index in [2.05, 4.69) is 5.32 Å². The van der Waals surface area contributed by atoms with Crippen LogP contribution in [-0.4, -0.2) is 11.8 Å². The number of carbonyl (C=O) groups is 2. The van der Waals surface area contributed by atoms with Crippen LogP contribution in [0.5, 0.6) is 0 Å². The Balaban J connectivity index is 1.87. The Labute approximate surface area is 133 Å². The van der Waals surface area contributed by atoms with Gasteiger partial charge < -0.3 is 11.1 Å². The molecule has 0 heterocycles. The highest BCUT2D eigenvalue weighted by Gasteiger charge is 2.45. The van der Waals surface area contributed by atoms with Crippen molar-refractivity contribution in [3.63, 3.8) is 0 Å². The summed E-state index contributed by atoms with van der Waals surface area (Å²) in [7, 11) is 0. The molecule has 0 radical (unpaired) electrons. The molecule has 3 rings (SSSR count). The molecule has 23 heavy (non-hydrogen) atoms. The molecule has 0 atom stereocenters. The quantitative estimate of drug-likeness (QED) is 0.911. The Kier molecular flexibility index (Phi) is 3.86. The first-order valence-electron chi connectivity index (χ1n) is 7.49. The summed E-state index contributed by atoms with van der Waals surface area (Å²) in [5.41, 5.74) is 5.69. The summed E-state index contributed by atoms with van der Waals surface area (Å²) in [5, 5.41) is 2.79. The van der Waals surface area contributed by atoms with Crippen LogP contribution in [0.15, 0.2) is 48.5 Å². The first kappa shape index (κ1) is 15.2. The predicted octanol–water partition coefficient (Wildman–Crippen LogP) is 2.99. The highest BCUT2D eigenvalue weighted by molar-refractivity contribution is 6.01. The zero-order chi connectivity index (χ0) is 16.4. The summed E-state index contributed by atoms with van der Waals surface area (Å²) in [6, 6.07) is 13.4. The van der Waals surface area contributed by atoms with Gasteiger partial charge in [0, 0.05) is 5.69 Å². The largest absolute Gasteiger partial charge is 0.366 e. The standard InChI is InChI=1S/C18H17FN2O2/c19-15-8-7-13(11-14(15)16(20)22)21-17(23)18(9-4-10-18)12-5-2-1-3-6-12/h1-3,5-8,11H,4,9-10H2,(H2,20,22)(H,21,23). The molecule has 1 saturated carbocycles. The summed E-state index contributed by atoms with van der Waals surface area (Å²) in [5.74, 6) is -1.70. The number of rotatable bonds is 4. The van der Waals surface area contributed by atoms with Gasteiger partial charge in [-0.3, -0.25) is 9.59 Å². The second-order valence-corrected chi connectivity index (χ2v) is 5.81. The van der Waals surface area contributed by atoms with Crippen LogP contribution < -0.4 is 11.1 Å². The topological polar surface area (TPSA) is 72.2 Å². The third-order valence-corrected chi connectivity index (χ3v) is 4.46. The summed E-state index contributed by atoms with van der Waals surface area (Å²) in [4.78, 5) is 24.0. The summed E-state index contributed by atoms with van der Waals surface area (Å²) in [6.07, 6.45) is 2.53. The Morgan fingerprint density at radius 2 is 1.78 bits per heavy atom. The van der Waals surface area contributed by atoms with Crippen molar-refractivity contribution in [2.75, 3.05) is 5.32 Å². The summed E-state index contributed by atoms with van der Waals surface area (Å²) >= 11 is 0. The van der Waals surface area contributed by atoms with Crippen molar-refractivity contribution in [3.8, 4) is 0 Å². The molecule has 1 aliphatic rings. The third kappa shape index (κ3) is 2.70. The van der Waals surface area contributed by atoms with Crippen LogP contribution in [0.4, 0.5) is 10.1 Å². The predicted molar refractivity (Wildman–Crippen MR) is 85.5 cm³/mol. The van der Waals surface area contributed by atoms with Gasteiger partial charge in [0.05, 0.1) is 11.0 Å². The van der Waals surface area contributed by atoms with E-state index in [1.165, 1.54) is 12.1 Å². The van der Waals surface area contributed by atoms with Crippen molar-refractivity contribution < 1.29 is 14.0 Å². The molecule has 0 aliphatic heterocycles. The zero-order valence-corrected chi connectivity index (χ0v) is 12.5. The second-order valence-electron chi connectivity index (χ2n) is 5.81. The molecule has 4 nitrogen and oxygen atoms in total. The van der Waals surface area contributed by atoms with Crippen LogP contribution in [-0.2, 0) is 10.2 Å². The number of amides is 2. The van der Waals surface area contributed by atoms with E-state index in [0.717, 1.165) is 30.9 Å². The van der Waals surface area contributed by atoms with Crippen molar-refractivity contribution in [1.82, 2.24) is 0 Å². The lowest BCUT2D eigenvalue weighted by atomic mass is 9.64. The maximum absolute atomic E-state index is 13.5. The smallest absolute Gasteiger partial charge is 0.251 e.